The number of ether oxygens (including phenoxy) is 1. The van der Waals surface area contributed by atoms with E-state index < -0.39 is 23.1 Å². The molecule has 1 aromatic rings. The molecule has 0 aliphatic heterocycles. The van der Waals surface area contributed by atoms with E-state index in [9.17, 15) is 25.1 Å². The number of rotatable bonds is 5. The Morgan fingerprint density at radius 3 is 2.72 bits per heavy atom. The van der Waals surface area contributed by atoms with Gasteiger partial charge in [-0.25, -0.2) is 4.79 Å². The van der Waals surface area contributed by atoms with Gasteiger partial charge in [0.1, 0.15) is 6.10 Å². The van der Waals surface area contributed by atoms with Gasteiger partial charge in [0.2, 0.25) is 0 Å². The number of nitro benzene ring substituents is 1. The predicted molar refractivity (Wildman–Crippen MR) is 60.7 cm³/mol. The second-order valence-corrected chi connectivity index (χ2v) is 3.49. The Morgan fingerprint density at radius 1 is 1.50 bits per heavy atom. The highest BCUT2D eigenvalue weighted by atomic mass is 16.6. The highest BCUT2D eigenvalue weighted by molar-refractivity contribution is 5.75. The van der Waals surface area contributed by atoms with Gasteiger partial charge in [-0.15, -0.1) is 0 Å². The van der Waals surface area contributed by atoms with Gasteiger partial charge in [0.15, 0.2) is 6.10 Å². The van der Waals surface area contributed by atoms with Crippen LogP contribution < -0.4 is 0 Å². The highest BCUT2D eigenvalue weighted by Crippen LogP contribution is 2.22. The smallest absolute Gasteiger partial charge is 0.338 e. The average Bonchev–Trinajstić information content (AvgIpc) is 2.37. The third-order valence-corrected chi connectivity index (χ3v) is 2.25. The van der Waals surface area contributed by atoms with Crippen molar-refractivity contribution < 1.29 is 24.7 Å². The maximum absolute atomic E-state index is 11.2. The number of esters is 1. The minimum Gasteiger partial charge on any atom is -0.464 e. The summed E-state index contributed by atoms with van der Waals surface area (Å²) in [7, 11) is 0. The molecule has 0 saturated heterocycles. The molecular formula is C11H13NO6. The molecule has 0 aliphatic rings. The van der Waals surface area contributed by atoms with E-state index in [-0.39, 0.29) is 17.9 Å². The lowest BCUT2D eigenvalue weighted by Gasteiger charge is -2.16. The van der Waals surface area contributed by atoms with Gasteiger partial charge >= 0.3 is 5.97 Å². The number of carbonyl (C=O) groups excluding carboxylic acids is 1. The van der Waals surface area contributed by atoms with Gasteiger partial charge in [0.25, 0.3) is 5.69 Å². The van der Waals surface area contributed by atoms with Gasteiger partial charge in [-0.2, -0.15) is 0 Å². The first-order valence-corrected chi connectivity index (χ1v) is 5.24. The van der Waals surface area contributed by atoms with Crippen molar-refractivity contribution in [3.05, 3.63) is 39.9 Å². The zero-order chi connectivity index (χ0) is 13.7. The average molecular weight is 255 g/mol. The lowest BCUT2D eigenvalue weighted by molar-refractivity contribution is -0.385. The number of aliphatic hydroxyl groups is 2. The van der Waals surface area contributed by atoms with Crippen LogP contribution in [0.25, 0.3) is 0 Å². The van der Waals surface area contributed by atoms with E-state index in [0.29, 0.717) is 0 Å². The lowest BCUT2D eigenvalue weighted by atomic mass is 10.0. The first-order chi connectivity index (χ1) is 8.47. The van der Waals surface area contributed by atoms with Crippen LogP contribution in [0.4, 0.5) is 5.69 Å². The van der Waals surface area contributed by atoms with Crippen LogP contribution in [0, 0.1) is 10.1 Å². The molecule has 0 saturated carbocycles. The highest BCUT2D eigenvalue weighted by Gasteiger charge is 2.27. The molecular weight excluding hydrogens is 242 g/mol. The molecule has 0 amide bonds. The second-order valence-electron chi connectivity index (χ2n) is 3.49. The first kappa shape index (κ1) is 14.1. The number of nitro groups is 1. The van der Waals surface area contributed by atoms with E-state index in [1.54, 1.807) is 6.92 Å². The Bertz CT molecular complexity index is 447. The predicted octanol–water partition coefficient (Wildman–Crippen LogP) is 0.552. The van der Waals surface area contributed by atoms with Crippen molar-refractivity contribution in [3.8, 4) is 0 Å². The molecule has 7 nitrogen and oxygen atoms in total. The number of carbonyl (C=O) groups is 1. The number of hydrogen-bond donors (Lipinski definition) is 2. The first-order valence-electron chi connectivity index (χ1n) is 5.24. The van der Waals surface area contributed by atoms with Crippen molar-refractivity contribution in [2.75, 3.05) is 6.61 Å². The summed E-state index contributed by atoms with van der Waals surface area (Å²) < 4.78 is 4.54. The van der Waals surface area contributed by atoms with Gasteiger partial charge in [0, 0.05) is 12.1 Å². The molecule has 98 valence electrons. The fourth-order valence-electron chi connectivity index (χ4n) is 1.36. The van der Waals surface area contributed by atoms with Gasteiger partial charge in [0.05, 0.1) is 11.5 Å². The topological polar surface area (TPSA) is 110 Å². The van der Waals surface area contributed by atoms with Crippen LogP contribution in [-0.4, -0.2) is 33.8 Å². The molecule has 0 radical (unpaired) electrons. The van der Waals surface area contributed by atoms with Gasteiger partial charge in [-0.3, -0.25) is 10.1 Å². The van der Waals surface area contributed by atoms with Crippen molar-refractivity contribution >= 4 is 11.7 Å². The van der Waals surface area contributed by atoms with E-state index in [1.807, 2.05) is 0 Å². The van der Waals surface area contributed by atoms with E-state index >= 15 is 0 Å². The summed E-state index contributed by atoms with van der Waals surface area (Å²) in [6.07, 6.45) is -3.34. The van der Waals surface area contributed by atoms with Crippen LogP contribution in [0.1, 0.15) is 18.6 Å². The summed E-state index contributed by atoms with van der Waals surface area (Å²) in [5.41, 5.74) is -0.160. The molecule has 2 unspecified atom stereocenters. The van der Waals surface area contributed by atoms with Crippen LogP contribution in [-0.2, 0) is 9.53 Å². The van der Waals surface area contributed by atoms with Crippen LogP contribution in [0.15, 0.2) is 24.3 Å². The van der Waals surface area contributed by atoms with Crippen molar-refractivity contribution in [1.82, 2.24) is 0 Å². The minimum absolute atomic E-state index is 0.0670. The largest absolute Gasteiger partial charge is 0.464 e. The van der Waals surface area contributed by atoms with Crippen LogP contribution >= 0.6 is 0 Å². The fourth-order valence-corrected chi connectivity index (χ4v) is 1.36. The van der Waals surface area contributed by atoms with E-state index in [4.69, 9.17) is 0 Å². The summed E-state index contributed by atoms with van der Waals surface area (Å²) >= 11 is 0. The Balaban J connectivity index is 2.89. The zero-order valence-corrected chi connectivity index (χ0v) is 9.65. The molecule has 18 heavy (non-hydrogen) atoms. The summed E-state index contributed by atoms with van der Waals surface area (Å²) in [5, 5.41) is 29.8. The van der Waals surface area contributed by atoms with Crippen molar-refractivity contribution in [3.63, 3.8) is 0 Å². The number of benzene rings is 1. The SMILES string of the molecule is CCOC(=O)C(O)C(O)c1cccc([N+](=O)[O-])c1. The van der Waals surface area contributed by atoms with Crippen molar-refractivity contribution in [2.45, 2.75) is 19.1 Å². The number of hydrogen-bond acceptors (Lipinski definition) is 6. The Hall–Kier alpha value is -1.99. The van der Waals surface area contributed by atoms with Gasteiger partial charge < -0.3 is 14.9 Å². The second kappa shape index (κ2) is 6.08. The molecule has 7 heteroatoms. The number of nitrogens with zero attached hydrogens (tertiary/aromatic N) is 1. The Morgan fingerprint density at radius 2 is 2.17 bits per heavy atom. The molecule has 0 heterocycles. The van der Waals surface area contributed by atoms with Crippen LogP contribution in [0.5, 0.6) is 0 Å². The molecule has 2 N–H and O–H groups in total. The molecule has 0 aliphatic carbocycles. The van der Waals surface area contributed by atoms with Crippen molar-refractivity contribution in [2.24, 2.45) is 0 Å². The normalized spacial score (nSPS) is 13.7. The standard InChI is InChI=1S/C11H13NO6/c1-2-18-11(15)10(14)9(13)7-4-3-5-8(6-7)12(16)17/h3-6,9-10,13-14H,2H2,1H3. The molecule has 1 rings (SSSR count). The molecule has 0 spiro atoms. The minimum atomic E-state index is -1.77. The Kier molecular flexibility index (Phi) is 4.75. The van der Waals surface area contributed by atoms with E-state index in [1.165, 1.54) is 18.2 Å². The molecule has 0 aromatic heterocycles. The van der Waals surface area contributed by atoms with Gasteiger partial charge in [-0.05, 0) is 12.5 Å². The maximum Gasteiger partial charge on any atom is 0.338 e. The summed E-state index contributed by atoms with van der Waals surface area (Å²) in [4.78, 5) is 21.1. The van der Waals surface area contributed by atoms with Crippen LogP contribution in [0.2, 0.25) is 0 Å². The zero-order valence-electron chi connectivity index (χ0n) is 9.65. The third kappa shape index (κ3) is 3.25. The number of aliphatic hydroxyl groups excluding tert-OH is 2. The van der Waals surface area contributed by atoms with E-state index in [2.05, 4.69) is 4.74 Å². The quantitative estimate of drug-likeness (QED) is 0.451. The lowest BCUT2D eigenvalue weighted by Crippen LogP contribution is -2.29. The van der Waals surface area contributed by atoms with Crippen molar-refractivity contribution in [1.29, 1.82) is 0 Å². The molecule has 2 atom stereocenters. The maximum atomic E-state index is 11.2. The third-order valence-electron chi connectivity index (χ3n) is 2.25. The van der Waals surface area contributed by atoms with E-state index in [0.717, 1.165) is 6.07 Å². The monoisotopic (exact) mass is 255 g/mol. The molecule has 0 bridgehead atoms. The summed E-state index contributed by atoms with van der Waals surface area (Å²) in [6.45, 7) is 1.63. The molecule has 1 aromatic carbocycles. The number of non-ortho nitro benzene ring substituents is 1. The van der Waals surface area contributed by atoms with Gasteiger partial charge in [-0.1, -0.05) is 12.1 Å². The molecule has 0 fully saturated rings. The Labute approximate surface area is 103 Å². The summed E-state index contributed by atoms with van der Waals surface area (Å²) in [6, 6.07) is 5.06. The summed E-state index contributed by atoms with van der Waals surface area (Å²) in [5.74, 6) is -0.975. The van der Waals surface area contributed by atoms with Crippen LogP contribution in [0.3, 0.4) is 0 Å². The fraction of sp³-hybridized carbons (Fsp3) is 0.364.